The van der Waals surface area contributed by atoms with Crippen molar-refractivity contribution in [2.75, 3.05) is 40.4 Å². The van der Waals surface area contributed by atoms with Crippen molar-refractivity contribution in [3.63, 3.8) is 0 Å². The zero-order valence-electron chi connectivity index (χ0n) is 15.0. The number of nitrogens with zero attached hydrogens (tertiary/aromatic N) is 2. The molecule has 0 aliphatic carbocycles. The van der Waals surface area contributed by atoms with E-state index in [4.69, 9.17) is 4.74 Å². The minimum Gasteiger partial charge on any atom is -0.383 e. The zero-order valence-corrected chi connectivity index (χ0v) is 17.4. The van der Waals surface area contributed by atoms with Crippen LogP contribution in [0.25, 0.3) is 0 Å². The Hall–Kier alpha value is -0.860. The van der Waals surface area contributed by atoms with Gasteiger partial charge in [0.15, 0.2) is 5.96 Å². The van der Waals surface area contributed by atoms with E-state index in [1.54, 1.807) is 14.2 Å². The fourth-order valence-corrected chi connectivity index (χ4v) is 2.97. The van der Waals surface area contributed by atoms with Crippen molar-refractivity contribution >= 4 is 29.9 Å². The Labute approximate surface area is 163 Å². The molecule has 1 aliphatic heterocycles. The highest BCUT2D eigenvalue weighted by molar-refractivity contribution is 14.0. The first-order valence-corrected chi connectivity index (χ1v) is 8.48. The minimum absolute atomic E-state index is 0. The molecule has 1 unspecified atom stereocenters. The van der Waals surface area contributed by atoms with E-state index >= 15 is 0 Å². The summed E-state index contributed by atoms with van der Waals surface area (Å²) in [6.45, 7) is 7.04. The van der Waals surface area contributed by atoms with Crippen molar-refractivity contribution in [3.05, 3.63) is 35.4 Å². The quantitative estimate of drug-likeness (QED) is 0.292. The summed E-state index contributed by atoms with van der Waals surface area (Å²) in [5, 5.41) is 6.69. The third kappa shape index (κ3) is 6.94. The van der Waals surface area contributed by atoms with Crippen LogP contribution >= 0.6 is 24.0 Å². The van der Waals surface area contributed by atoms with Crippen molar-refractivity contribution in [2.24, 2.45) is 4.99 Å². The Morgan fingerprint density at radius 3 is 2.79 bits per heavy atom. The maximum atomic E-state index is 5.13. The molecule has 1 aliphatic rings. The minimum atomic E-state index is 0. The van der Waals surface area contributed by atoms with Crippen LogP contribution in [0.4, 0.5) is 0 Å². The van der Waals surface area contributed by atoms with E-state index in [1.165, 1.54) is 17.5 Å². The molecule has 1 atom stereocenters. The van der Waals surface area contributed by atoms with Crippen LogP contribution < -0.4 is 10.6 Å². The lowest BCUT2D eigenvalue weighted by Gasteiger charge is -2.28. The Bertz CT molecular complexity index is 510. The molecule has 0 fully saturated rings. The number of hydrogen-bond donors (Lipinski definition) is 2. The van der Waals surface area contributed by atoms with Crippen LogP contribution in [-0.4, -0.2) is 57.3 Å². The molecule has 0 spiro atoms. The van der Waals surface area contributed by atoms with Gasteiger partial charge in [-0.15, -0.1) is 24.0 Å². The van der Waals surface area contributed by atoms with E-state index < -0.39 is 0 Å². The standard InChI is InChI=1S/C18H30N4O.HI/c1-15(14-23-3)21-18(19-2)20-10-6-11-22-12-9-16-7-4-5-8-17(16)13-22;/h4-5,7-8,15H,6,9-14H2,1-3H3,(H2,19,20,21);1H. The van der Waals surface area contributed by atoms with Gasteiger partial charge < -0.3 is 15.4 Å². The molecule has 1 aromatic rings. The average Bonchev–Trinajstić information content (AvgIpc) is 2.57. The average molecular weight is 446 g/mol. The van der Waals surface area contributed by atoms with Gasteiger partial charge in [-0.25, -0.2) is 0 Å². The largest absolute Gasteiger partial charge is 0.383 e. The molecule has 0 aromatic heterocycles. The number of methoxy groups -OCH3 is 1. The number of ether oxygens (including phenoxy) is 1. The smallest absolute Gasteiger partial charge is 0.191 e. The third-order valence-corrected chi connectivity index (χ3v) is 4.18. The lowest BCUT2D eigenvalue weighted by molar-refractivity contribution is 0.179. The number of guanidine groups is 1. The molecule has 0 saturated carbocycles. The number of rotatable bonds is 7. The first-order chi connectivity index (χ1) is 11.2. The molecule has 24 heavy (non-hydrogen) atoms. The summed E-state index contributed by atoms with van der Waals surface area (Å²) in [6.07, 6.45) is 2.28. The number of benzene rings is 1. The normalized spacial score (nSPS) is 16.0. The highest BCUT2D eigenvalue weighted by atomic mass is 127. The van der Waals surface area contributed by atoms with Gasteiger partial charge in [-0.3, -0.25) is 9.89 Å². The molecular formula is C18H31IN4O. The van der Waals surface area contributed by atoms with Crippen LogP contribution in [0, 0.1) is 0 Å². The third-order valence-electron chi connectivity index (χ3n) is 4.18. The second kappa shape index (κ2) is 11.7. The summed E-state index contributed by atoms with van der Waals surface area (Å²) >= 11 is 0. The van der Waals surface area contributed by atoms with Crippen LogP contribution in [0.3, 0.4) is 0 Å². The summed E-state index contributed by atoms with van der Waals surface area (Å²) in [6, 6.07) is 9.04. The van der Waals surface area contributed by atoms with Gasteiger partial charge in [0.25, 0.3) is 0 Å². The highest BCUT2D eigenvalue weighted by Crippen LogP contribution is 2.18. The topological polar surface area (TPSA) is 48.9 Å². The van der Waals surface area contributed by atoms with Crippen LogP contribution in [0.5, 0.6) is 0 Å². The van der Waals surface area contributed by atoms with Gasteiger partial charge >= 0.3 is 0 Å². The number of aliphatic imine (C=N–C) groups is 1. The van der Waals surface area contributed by atoms with Crippen molar-refractivity contribution in [3.8, 4) is 0 Å². The maximum absolute atomic E-state index is 5.13. The fraction of sp³-hybridized carbons (Fsp3) is 0.611. The number of nitrogens with one attached hydrogen (secondary N) is 2. The van der Waals surface area contributed by atoms with Gasteiger partial charge in [0.2, 0.25) is 0 Å². The van der Waals surface area contributed by atoms with Crippen molar-refractivity contribution < 1.29 is 4.74 Å². The van der Waals surface area contributed by atoms with Crippen molar-refractivity contribution in [1.82, 2.24) is 15.5 Å². The molecule has 0 saturated heterocycles. The molecule has 1 aromatic carbocycles. The van der Waals surface area contributed by atoms with Gasteiger partial charge in [-0.05, 0) is 30.9 Å². The summed E-state index contributed by atoms with van der Waals surface area (Å²) in [5.74, 6) is 0.846. The van der Waals surface area contributed by atoms with E-state index in [-0.39, 0.29) is 30.0 Å². The first kappa shape index (κ1) is 21.2. The Morgan fingerprint density at radius 2 is 2.08 bits per heavy atom. The monoisotopic (exact) mass is 446 g/mol. The molecule has 2 rings (SSSR count). The van der Waals surface area contributed by atoms with Gasteiger partial charge in [0.05, 0.1) is 6.61 Å². The van der Waals surface area contributed by atoms with E-state index in [0.29, 0.717) is 6.61 Å². The van der Waals surface area contributed by atoms with E-state index in [0.717, 1.165) is 38.6 Å². The molecule has 136 valence electrons. The van der Waals surface area contributed by atoms with Crippen LogP contribution in [0.2, 0.25) is 0 Å². The number of fused-ring (bicyclic) bond motifs is 1. The maximum Gasteiger partial charge on any atom is 0.191 e. The predicted molar refractivity (Wildman–Crippen MR) is 111 cm³/mol. The second-order valence-corrected chi connectivity index (χ2v) is 6.15. The first-order valence-electron chi connectivity index (χ1n) is 8.48. The fourth-order valence-electron chi connectivity index (χ4n) is 2.97. The Balaban J connectivity index is 0.00000288. The zero-order chi connectivity index (χ0) is 16.5. The predicted octanol–water partition coefficient (Wildman–Crippen LogP) is 2.25. The van der Waals surface area contributed by atoms with Crippen molar-refractivity contribution in [1.29, 1.82) is 0 Å². The Morgan fingerprint density at radius 1 is 1.33 bits per heavy atom. The summed E-state index contributed by atoms with van der Waals surface area (Å²) < 4.78 is 5.13. The van der Waals surface area contributed by atoms with E-state index in [1.807, 2.05) is 0 Å². The number of hydrogen-bond acceptors (Lipinski definition) is 3. The summed E-state index contributed by atoms with van der Waals surface area (Å²) in [5.41, 5.74) is 3.00. The lowest BCUT2D eigenvalue weighted by atomic mass is 10.00. The highest BCUT2D eigenvalue weighted by Gasteiger charge is 2.14. The second-order valence-electron chi connectivity index (χ2n) is 6.15. The molecule has 6 heteroatoms. The van der Waals surface area contributed by atoms with Crippen molar-refractivity contribution in [2.45, 2.75) is 32.4 Å². The SMILES string of the molecule is CN=C(NCCCN1CCc2ccccc2C1)NC(C)COC.I. The molecule has 0 radical (unpaired) electrons. The van der Waals surface area contributed by atoms with Crippen LogP contribution in [0.1, 0.15) is 24.5 Å². The molecular weight excluding hydrogens is 415 g/mol. The number of halogens is 1. The molecule has 5 nitrogen and oxygen atoms in total. The molecule has 2 N–H and O–H groups in total. The summed E-state index contributed by atoms with van der Waals surface area (Å²) in [4.78, 5) is 6.79. The van der Waals surface area contributed by atoms with Gasteiger partial charge in [-0.1, -0.05) is 24.3 Å². The van der Waals surface area contributed by atoms with E-state index in [2.05, 4.69) is 51.7 Å². The van der Waals surface area contributed by atoms with Gasteiger partial charge in [0.1, 0.15) is 0 Å². The molecule has 0 amide bonds. The van der Waals surface area contributed by atoms with Gasteiger partial charge in [-0.2, -0.15) is 0 Å². The molecule has 1 heterocycles. The summed E-state index contributed by atoms with van der Waals surface area (Å²) in [7, 11) is 3.52. The lowest BCUT2D eigenvalue weighted by Crippen LogP contribution is -2.44. The Kier molecular flexibility index (Phi) is 10.3. The van der Waals surface area contributed by atoms with E-state index in [9.17, 15) is 0 Å². The van der Waals surface area contributed by atoms with Crippen LogP contribution in [0.15, 0.2) is 29.3 Å². The molecule has 0 bridgehead atoms. The van der Waals surface area contributed by atoms with Gasteiger partial charge in [0, 0.05) is 46.4 Å². The van der Waals surface area contributed by atoms with Crippen LogP contribution in [-0.2, 0) is 17.7 Å².